The molecular formula is C25H20F2N2O4. The molecule has 1 aromatic heterocycles. The van der Waals surface area contributed by atoms with Crippen molar-refractivity contribution in [3.8, 4) is 0 Å². The van der Waals surface area contributed by atoms with Crippen LogP contribution in [0, 0.1) is 11.6 Å². The highest BCUT2D eigenvalue weighted by Crippen LogP contribution is 2.30. The van der Waals surface area contributed by atoms with Crippen molar-refractivity contribution in [1.82, 2.24) is 9.97 Å². The number of aromatic amines is 1. The molecule has 1 heterocycles. The van der Waals surface area contributed by atoms with Gasteiger partial charge in [0.25, 0.3) is 0 Å². The first kappa shape index (κ1) is 22.3. The van der Waals surface area contributed by atoms with Crippen LogP contribution in [0.25, 0.3) is 22.4 Å². The lowest BCUT2D eigenvalue weighted by Gasteiger charge is -2.21. The maximum atomic E-state index is 13.8. The van der Waals surface area contributed by atoms with Crippen molar-refractivity contribution in [2.45, 2.75) is 12.5 Å². The second kappa shape index (κ2) is 8.57. The Labute approximate surface area is 187 Å². The molecule has 4 rings (SSSR count). The summed E-state index contributed by atoms with van der Waals surface area (Å²) in [6, 6.07) is 15.3. The molecule has 6 nitrogen and oxygen atoms in total. The second-order valence-corrected chi connectivity index (χ2v) is 7.83. The monoisotopic (exact) mass is 450 g/mol. The number of fused-ring (bicyclic) bond motifs is 1. The zero-order valence-corrected chi connectivity index (χ0v) is 17.5. The lowest BCUT2D eigenvalue weighted by Crippen LogP contribution is -2.26. The molecule has 1 unspecified atom stereocenters. The number of ketones is 1. The number of H-pyrrole nitrogens is 1. The standard InChI is InChI=1S/C25H20F2N2O4/c1-25(33,13-30)16-6-4-5-14(9-16)22(31)21(23(32)15-10-17(26)12-18(27)11-15)24-28-19-7-2-3-8-20(19)29-24/h2-12,30,32-33H,13H2,1H3,(H,28,29)/b23-21-. The number of carbonyl (C=O) groups excluding carboxylic acids is 1. The number of carbonyl (C=O) groups is 1. The Balaban J connectivity index is 1.93. The molecular weight excluding hydrogens is 430 g/mol. The van der Waals surface area contributed by atoms with Gasteiger partial charge in [0.1, 0.15) is 34.4 Å². The van der Waals surface area contributed by atoms with Crippen LogP contribution < -0.4 is 0 Å². The fraction of sp³-hybridized carbons (Fsp3) is 0.120. The summed E-state index contributed by atoms with van der Waals surface area (Å²) in [4.78, 5) is 20.9. The van der Waals surface area contributed by atoms with E-state index in [1.54, 1.807) is 30.3 Å². The fourth-order valence-corrected chi connectivity index (χ4v) is 3.46. The van der Waals surface area contributed by atoms with Gasteiger partial charge in [0, 0.05) is 17.2 Å². The van der Waals surface area contributed by atoms with Crippen molar-refractivity contribution in [3.05, 3.63) is 101 Å². The van der Waals surface area contributed by atoms with E-state index in [2.05, 4.69) is 9.97 Å². The highest BCUT2D eigenvalue weighted by molar-refractivity contribution is 6.33. The van der Waals surface area contributed by atoms with Crippen molar-refractivity contribution in [1.29, 1.82) is 0 Å². The van der Waals surface area contributed by atoms with Crippen LogP contribution in [0.15, 0.2) is 66.7 Å². The normalized spacial score (nSPS) is 14.1. The summed E-state index contributed by atoms with van der Waals surface area (Å²) in [5.74, 6) is -3.21. The van der Waals surface area contributed by atoms with Crippen LogP contribution >= 0.6 is 0 Å². The van der Waals surface area contributed by atoms with Gasteiger partial charge in [-0.2, -0.15) is 0 Å². The van der Waals surface area contributed by atoms with Crippen LogP contribution in [0.1, 0.15) is 34.2 Å². The fourth-order valence-electron chi connectivity index (χ4n) is 3.46. The zero-order chi connectivity index (χ0) is 23.8. The SMILES string of the molecule is CC(O)(CO)c1cccc(C(=O)/C(=C(/O)c2cc(F)cc(F)c2)c2nc3ccccc3[nH]2)c1. The molecule has 8 heteroatoms. The lowest BCUT2D eigenvalue weighted by atomic mass is 9.92. The summed E-state index contributed by atoms with van der Waals surface area (Å²) in [5.41, 5.74) is -0.697. The first-order valence-electron chi connectivity index (χ1n) is 10.0. The molecule has 0 spiro atoms. The van der Waals surface area contributed by atoms with Crippen LogP contribution in [0.4, 0.5) is 8.78 Å². The predicted molar refractivity (Wildman–Crippen MR) is 119 cm³/mol. The van der Waals surface area contributed by atoms with Gasteiger partial charge in [-0.25, -0.2) is 13.8 Å². The number of rotatable bonds is 6. The third-order valence-electron chi connectivity index (χ3n) is 5.28. The third-order valence-corrected chi connectivity index (χ3v) is 5.28. The average Bonchev–Trinajstić information content (AvgIpc) is 3.22. The Hall–Kier alpha value is -3.88. The summed E-state index contributed by atoms with van der Waals surface area (Å²) in [6.07, 6.45) is 0. The molecule has 168 valence electrons. The molecule has 0 bridgehead atoms. The van der Waals surface area contributed by atoms with Gasteiger partial charge in [0.05, 0.1) is 17.6 Å². The minimum atomic E-state index is -1.60. The maximum Gasteiger partial charge on any atom is 0.200 e. The van der Waals surface area contributed by atoms with Crippen molar-refractivity contribution in [2.75, 3.05) is 6.61 Å². The van der Waals surface area contributed by atoms with Crippen LogP contribution in [0.5, 0.6) is 0 Å². The third kappa shape index (κ3) is 4.39. The van der Waals surface area contributed by atoms with Gasteiger partial charge in [-0.05, 0) is 42.8 Å². The lowest BCUT2D eigenvalue weighted by molar-refractivity contribution is -0.00231. The number of Topliss-reactive ketones (excluding diaryl/α,β-unsaturated/α-hetero) is 1. The molecule has 0 aliphatic rings. The number of hydrogen-bond acceptors (Lipinski definition) is 5. The number of halogens is 2. The Morgan fingerprint density at radius 1 is 1.00 bits per heavy atom. The molecule has 0 amide bonds. The van der Waals surface area contributed by atoms with Crippen LogP contribution in [0.2, 0.25) is 0 Å². The Kier molecular flexibility index (Phi) is 5.80. The predicted octanol–water partition coefficient (Wildman–Crippen LogP) is 4.35. The summed E-state index contributed by atoms with van der Waals surface area (Å²) in [6.45, 7) is 0.810. The molecule has 4 N–H and O–H groups in total. The van der Waals surface area contributed by atoms with Gasteiger partial charge >= 0.3 is 0 Å². The highest BCUT2D eigenvalue weighted by atomic mass is 19.1. The van der Waals surface area contributed by atoms with Gasteiger partial charge < -0.3 is 20.3 Å². The molecule has 3 aromatic carbocycles. The van der Waals surface area contributed by atoms with E-state index in [-0.39, 0.29) is 28.1 Å². The number of nitrogens with zero attached hydrogens (tertiary/aromatic N) is 1. The van der Waals surface area contributed by atoms with Gasteiger partial charge in [-0.1, -0.05) is 30.3 Å². The second-order valence-electron chi connectivity index (χ2n) is 7.83. The van der Waals surface area contributed by atoms with Gasteiger partial charge in [0.15, 0.2) is 0 Å². The Morgan fingerprint density at radius 3 is 2.36 bits per heavy atom. The first-order chi connectivity index (χ1) is 15.7. The Bertz CT molecular complexity index is 1340. The van der Waals surface area contributed by atoms with E-state index in [0.29, 0.717) is 17.1 Å². The minimum Gasteiger partial charge on any atom is -0.506 e. The van der Waals surface area contributed by atoms with E-state index in [1.165, 1.54) is 25.1 Å². The van der Waals surface area contributed by atoms with Gasteiger partial charge in [0.2, 0.25) is 5.78 Å². The van der Waals surface area contributed by atoms with E-state index in [4.69, 9.17) is 0 Å². The summed E-state index contributed by atoms with van der Waals surface area (Å²) in [5, 5.41) is 30.8. The molecule has 1 atom stereocenters. The highest BCUT2D eigenvalue weighted by Gasteiger charge is 2.27. The Morgan fingerprint density at radius 2 is 1.70 bits per heavy atom. The first-order valence-corrected chi connectivity index (χ1v) is 10.0. The molecule has 0 saturated carbocycles. The topological polar surface area (TPSA) is 106 Å². The average molecular weight is 450 g/mol. The minimum absolute atomic E-state index is 0.00249. The van der Waals surface area contributed by atoms with Crippen LogP contribution in [-0.4, -0.2) is 37.7 Å². The molecule has 0 aliphatic heterocycles. The summed E-state index contributed by atoms with van der Waals surface area (Å²) < 4.78 is 27.7. The molecule has 0 saturated heterocycles. The summed E-state index contributed by atoms with van der Waals surface area (Å²) in [7, 11) is 0. The van der Waals surface area contributed by atoms with Gasteiger partial charge in [-0.15, -0.1) is 0 Å². The number of aromatic nitrogens is 2. The largest absolute Gasteiger partial charge is 0.506 e. The maximum absolute atomic E-state index is 13.8. The molecule has 4 aromatic rings. The van der Waals surface area contributed by atoms with E-state index >= 15 is 0 Å². The smallest absolute Gasteiger partial charge is 0.200 e. The van der Waals surface area contributed by atoms with E-state index < -0.39 is 35.4 Å². The molecule has 0 aliphatic carbocycles. The number of para-hydroxylation sites is 2. The summed E-state index contributed by atoms with van der Waals surface area (Å²) >= 11 is 0. The van der Waals surface area contributed by atoms with Crippen molar-refractivity contribution >= 4 is 28.1 Å². The number of aliphatic hydroxyl groups is 3. The zero-order valence-electron chi connectivity index (χ0n) is 17.5. The number of hydrogen-bond donors (Lipinski definition) is 4. The number of allylic oxidation sites excluding steroid dienone is 1. The molecule has 0 radical (unpaired) electrons. The van der Waals surface area contributed by atoms with Crippen LogP contribution in [0.3, 0.4) is 0 Å². The van der Waals surface area contributed by atoms with Gasteiger partial charge in [-0.3, -0.25) is 4.79 Å². The molecule has 0 fully saturated rings. The number of aliphatic hydroxyl groups excluding tert-OH is 2. The van der Waals surface area contributed by atoms with E-state index in [1.807, 2.05) is 0 Å². The van der Waals surface area contributed by atoms with Crippen molar-refractivity contribution in [2.24, 2.45) is 0 Å². The number of benzene rings is 3. The quantitative estimate of drug-likeness (QED) is 0.199. The van der Waals surface area contributed by atoms with Crippen molar-refractivity contribution < 1.29 is 28.9 Å². The number of nitrogens with one attached hydrogen (secondary N) is 1. The van der Waals surface area contributed by atoms with E-state index in [0.717, 1.165) is 12.1 Å². The molecule has 33 heavy (non-hydrogen) atoms. The van der Waals surface area contributed by atoms with Crippen LogP contribution in [-0.2, 0) is 5.60 Å². The van der Waals surface area contributed by atoms with Crippen molar-refractivity contribution in [3.63, 3.8) is 0 Å². The van der Waals surface area contributed by atoms with E-state index in [9.17, 15) is 28.9 Å². The number of imidazole rings is 1.